The van der Waals surface area contributed by atoms with Crippen LogP contribution in [0, 0.1) is 5.92 Å². The largest absolute Gasteiger partial charge is 0.319 e. The summed E-state index contributed by atoms with van der Waals surface area (Å²) >= 11 is 0. The molecule has 2 fully saturated rings. The van der Waals surface area contributed by atoms with Gasteiger partial charge >= 0.3 is 0 Å². The quantitative estimate of drug-likeness (QED) is 0.770. The van der Waals surface area contributed by atoms with Gasteiger partial charge in [0.2, 0.25) is 0 Å². The highest BCUT2D eigenvalue weighted by atomic mass is 15.3. The molecule has 3 heteroatoms. The van der Waals surface area contributed by atoms with Gasteiger partial charge in [0.05, 0.1) is 0 Å². The van der Waals surface area contributed by atoms with Gasteiger partial charge in [-0.2, -0.15) is 0 Å². The maximum absolute atomic E-state index is 3.28. The molecule has 0 aliphatic carbocycles. The normalized spacial score (nSPS) is 30.0. The summed E-state index contributed by atoms with van der Waals surface area (Å²) in [5.74, 6) is 0.778. The van der Waals surface area contributed by atoms with Crippen molar-refractivity contribution in [1.82, 2.24) is 15.1 Å². The number of rotatable bonds is 4. The lowest BCUT2D eigenvalue weighted by molar-refractivity contribution is 0.0431. The van der Waals surface area contributed by atoms with Gasteiger partial charge in [-0.15, -0.1) is 0 Å². The molecule has 0 amide bonds. The fourth-order valence-electron chi connectivity index (χ4n) is 3.24. The smallest absolute Gasteiger partial charge is 0.0223 e. The number of nitrogens with zero attached hydrogens (tertiary/aromatic N) is 2. The molecule has 2 atom stereocenters. The number of nitrogens with one attached hydrogen (secondary N) is 1. The van der Waals surface area contributed by atoms with Crippen molar-refractivity contribution in [3.8, 4) is 0 Å². The Bertz CT molecular complexity index is 207. The fourth-order valence-corrected chi connectivity index (χ4v) is 3.24. The molecule has 0 saturated carbocycles. The van der Waals surface area contributed by atoms with Crippen LogP contribution in [0.2, 0.25) is 0 Å². The maximum Gasteiger partial charge on any atom is 0.0223 e. The van der Waals surface area contributed by atoms with E-state index in [4.69, 9.17) is 0 Å². The third-order valence-electron chi connectivity index (χ3n) is 4.04. The molecule has 2 aliphatic heterocycles. The van der Waals surface area contributed by atoms with Gasteiger partial charge in [0.1, 0.15) is 0 Å². The molecular weight excluding hydrogens is 198 g/mol. The molecule has 2 heterocycles. The van der Waals surface area contributed by atoms with Crippen LogP contribution in [0.25, 0.3) is 0 Å². The molecule has 16 heavy (non-hydrogen) atoms. The zero-order valence-corrected chi connectivity index (χ0v) is 10.9. The Balaban J connectivity index is 1.76. The first kappa shape index (κ1) is 12.3. The molecule has 3 nitrogen and oxygen atoms in total. The number of fused-ring (bicyclic) bond motifs is 1. The van der Waals surface area contributed by atoms with Gasteiger partial charge in [0.15, 0.2) is 0 Å². The predicted octanol–water partition coefficient (Wildman–Crippen LogP) is 1.01. The molecule has 0 aromatic heterocycles. The summed E-state index contributed by atoms with van der Waals surface area (Å²) in [5.41, 5.74) is 0. The Labute approximate surface area is 100 Å². The Morgan fingerprint density at radius 1 is 1.25 bits per heavy atom. The van der Waals surface area contributed by atoms with Crippen molar-refractivity contribution >= 4 is 0 Å². The average molecular weight is 225 g/mol. The van der Waals surface area contributed by atoms with Crippen LogP contribution in [0.3, 0.4) is 0 Å². The first-order chi connectivity index (χ1) is 7.79. The maximum atomic E-state index is 3.28. The molecule has 2 rings (SSSR count). The van der Waals surface area contributed by atoms with Crippen molar-refractivity contribution in [3.63, 3.8) is 0 Å². The lowest BCUT2D eigenvalue weighted by Gasteiger charge is -2.44. The van der Waals surface area contributed by atoms with Gasteiger partial charge in [-0.05, 0) is 38.9 Å². The molecule has 2 aliphatic rings. The van der Waals surface area contributed by atoms with Crippen LogP contribution in [0.15, 0.2) is 0 Å². The molecule has 0 aromatic carbocycles. The Kier molecular flexibility index (Phi) is 4.62. The SMILES string of the molecule is CNCC(C)CN1CCN2CCCCC2C1. The number of piperazine rings is 1. The minimum atomic E-state index is 0.778. The highest BCUT2D eigenvalue weighted by Crippen LogP contribution is 2.21. The first-order valence-corrected chi connectivity index (χ1v) is 6.90. The summed E-state index contributed by atoms with van der Waals surface area (Å²) < 4.78 is 0. The van der Waals surface area contributed by atoms with Crippen LogP contribution < -0.4 is 5.32 Å². The van der Waals surface area contributed by atoms with Crippen LogP contribution in [0.1, 0.15) is 26.2 Å². The van der Waals surface area contributed by atoms with Gasteiger partial charge < -0.3 is 10.2 Å². The first-order valence-electron chi connectivity index (χ1n) is 6.90. The zero-order valence-electron chi connectivity index (χ0n) is 10.9. The third kappa shape index (κ3) is 3.19. The van der Waals surface area contributed by atoms with Crippen molar-refractivity contribution in [1.29, 1.82) is 0 Å². The molecule has 0 bridgehead atoms. The van der Waals surface area contributed by atoms with Gasteiger partial charge in [-0.3, -0.25) is 4.90 Å². The standard InChI is InChI=1S/C13H27N3/c1-12(9-14-2)10-15-7-8-16-6-4-3-5-13(16)11-15/h12-14H,3-11H2,1-2H3. The van der Waals surface area contributed by atoms with Crippen molar-refractivity contribution in [2.75, 3.05) is 46.3 Å². The number of piperidine rings is 1. The Hall–Kier alpha value is -0.120. The van der Waals surface area contributed by atoms with E-state index >= 15 is 0 Å². The summed E-state index contributed by atoms with van der Waals surface area (Å²) in [6.45, 7) is 10.0. The van der Waals surface area contributed by atoms with E-state index in [0.717, 1.165) is 18.5 Å². The summed E-state index contributed by atoms with van der Waals surface area (Å²) in [5, 5.41) is 3.28. The van der Waals surface area contributed by atoms with Crippen LogP contribution in [-0.4, -0.2) is 62.2 Å². The minimum Gasteiger partial charge on any atom is -0.319 e. The summed E-state index contributed by atoms with van der Waals surface area (Å²) in [6.07, 6.45) is 4.30. The molecule has 0 radical (unpaired) electrons. The second-order valence-electron chi connectivity index (χ2n) is 5.61. The van der Waals surface area contributed by atoms with Crippen molar-refractivity contribution in [2.24, 2.45) is 5.92 Å². The molecule has 2 unspecified atom stereocenters. The Morgan fingerprint density at radius 2 is 2.12 bits per heavy atom. The molecule has 2 saturated heterocycles. The average Bonchev–Trinajstić information content (AvgIpc) is 2.29. The van der Waals surface area contributed by atoms with E-state index in [1.807, 2.05) is 0 Å². The van der Waals surface area contributed by atoms with E-state index in [9.17, 15) is 0 Å². The van der Waals surface area contributed by atoms with Crippen LogP contribution >= 0.6 is 0 Å². The number of hydrogen-bond donors (Lipinski definition) is 1. The Morgan fingerprint density at radius 3 is 2.94 bits per heavy atom. The summed E-state index contributed by atoms with van der Waals surface area (Å²) in [7, 11) is 2.05. The highest BCUT2D eigenvalue weighted by Gasteiger charge is 2.28. The molecule has 1 N–H and O–H groups in total. The predicted molar refractivity (Wildman–Crippen MR) is 68.7 cm³/mol. The van der Waals surface area contributed by atoms with Crippen LogP contribution in [-0.2, 0) is 0 Å². The van der Waals surface area contributed by atoms with E-state index in [2.05, 4.69) is 29.1 Å². The molecular formula is C13H27N3. The fraction of sp³-hybridized carbons (Fsp3) is 1.00. The van der Waals surface area contributed by atoms with Crippen LogP contribution in [0.5, 0.6) is 0 Å². The van der Waals surface area contributed by atoms with E-state index in [-0.39, 0.29) is 0 Å². The lowest BCUT2D eigenvalue weighted by Crippen LogP contribution is -2.55. The zero-order chi connectivity index (χ0) is 11.4. The van der Waals surface area contributed by atoms with Gasteiger partial charge in [-0.25, -0.2) is 0 Å². The van der Waals surface area contributed by atoms with Crippen molar-refractivity contribution in [3.05, 3.63) is 0 Å². The van der Waals surface area contributed by atoms with Crippen LogP contribution in [0.4, 0.5) is 0 Å². The monoisotopic (exact) mass is 225 g/mol. The number of hydrogen-bond acceptors (Lipinski definition) is 3. The lowest BCUT2D eigenvalue weighted by atomic mass is 9.99. The van der Waals surface area contributed by atoms with E-state index in [1.165, 1.54) is 52.0 Å². The van der Waals surface area contributed by atoms with Gasteiger partial charge in [0, 0.05) is 32.2 Å². The summed E-state index contributed by atoms with van der Waals surface area (Å²) in [4.78, 5) is 5.39. The highest BCUT2D eigenvalue weighted by molar-refractivity contribution is 4.85. The van der Waals surface area contributed by atoms with E-state index in [0.29, 0.717) is 0 Å². The van der Waals surface area contributed by atoms with E-state index in [1.54, 1.807) is 0 Å². The molecule has 94 valence electrons. The second kappa shape index (κ2) is 5.99. The van der Waals surface area contributed by atoms with Gasteiger partial charge in [0.25, 0.3) is 0 Å². The molecule has 0 spiro atoms. The second-order valence-corrected chi connectivity index (χ2v) is 5.61. The molecule has 0 aromatic rings. The topological polar surface area (TPSA) is 18.5 Å². The van der Waals surface area contributed by atoms with Crippen molar-refractivity contribution < 1.29 is 0 Å². The summed E-state index contributed by atoms with van der Waals surface area (Å²) in [6, 6.07) is 0.865. The third-order valence-corrected chi connectivity index (χ3v) is 4.04. The van der Waals surface area contributed by atoms with E-state index < -0.39 is 0 Å². The minimum absolute atomic E-state index is 0.778. The van der Waals surface area contributed by atoms with Gasteiger partial charge in [-0.1, -0.05) is 13.3 Å². The van der Waals surface area contributed by atoms with Crippen molar-refractivity contribution in [2.45, 2.75) is 32.2 Å².